The van der Waals surface area contributed by atoms with E-state index in [1.165, 1.54) is 12.5 Å². The van der Waals surface area contributed by atoms with Gasteiger partial charge in [0.15, 0.2) is 5.69 Å². The van der Waals surface area contributed by atoms with E-state index in [-0.39, 0.29) is 11.1 Å². The lowest BCUT2D eigenvalue weighted by Crippen LogP contribution is -2.24. The Bertz CT molecular complexity index is 956. The van der Waals surface area contributed by atoms with Crippen LogP contribution in [0.15, 0.2) is 59.6 Å². The molecule has 0 fully saturated rings. The van der Waals surface area contributed by atoms with Gasteiger partial charge in [0.25, 0.3) is 0 Å². The summed E-state index contributed by atoms with van der Waals surface area (Å²) in [5, 5.41) is 13.3. The average molecular weight is 414 g/mol. The van der Waals surface area contributed by atoms with Crippen LogP contribution < -0.4 is 5.32 Å². The van der Waals surface area contributed by atoms with Crippen molar-refractivity contribution in [3.63, 3.8) is 0 Å². The summed E-state index contributed by atoms with van der Waals surface area (Å²) in [4.78, 5) is 12.6. The maximum Gasteiger partial charge on any atom is 0.169 e. The SMILES string of the molecule is C/C=C(\C/C=C\C(C)Cl)NC(=Nc1cncnc1C#N)c1ccc(Cl)cc1C. The highest BCUT2D eigenvalue weighted by Crippen LogP contribution is 2.20. The van der Waals surface area contributed by atoms with Crippen molar-refractivity contribution in [2.24, 2.45) is 4.99 Å². The normalized spacial score (nSPS) is 13.4. The van der Waals surface area contributed by atoms with Gasteiger partial charge in [-0.2, -0.15) is 5.26 Å². The second-order valence-corrected chi connectivity index (χ2v) is 7.16. The van der Waals surface area contributed by atoms with Crippen molar-refractivity contribution in [1.82, 2.24) is 15.3 Å². The van der Waals surface area contributed by atoms with E-state index in [1.807, 2.05) is 57.2 Å². The van der Waals surface area contributed by atoms with E-state index >= 15 is 0 Å². The first-order chi connectivity index (χ1) is 13.4. The number of benzene rings is 1. The van der Waals surface area contributed by atoms with Crippen LogP contribution in [0.1, 0.15) is 37.1 Å². The highest BCUT2D eigenvalue weighted by Gasteiger charge is 2.11. The fraction of sp³-hybridized carbons (Fsp3) is 0.238. The Morgan fingerprint density at radius 3 is 2.86 bits per heavy atom. The van der Waals surface area contributed by atoms with Crippen LogP contribution in [0.4, 0.5) is 5.69 Å². The molecule has 1 atom stereocenters. The van der Waals surface area contributed by atoms with Crippen LogP contribution in [0.2, 0.25) is 5.02 Å². The lowest BCUT2D eigenvalue weighted by Gasteiger charge is -2.15. The van der Waals surface area contributed by atoms with Crippen LogP contribution in [-0.2, 0) is 0 Å². The lowest BCUT2D eigenvalue weighted by atomic mass is 10.1. The third-order valence-corrected chi connectivity index (χ3v) is 4.22. The molecule has 1 heterocycles. The maximum absolute atomic E-state index is 9.31. The van der Waals surface area contributed by atoms with Gasteiger partial charge in [-0.25, -0.2) is 15.0 Å². The van der Waals surface area contributed by atoms with Crippen LogP contribution >= 0.6 is 23.2 Å². The van der Waals surface area contributed by atoms with E-state index in [9.17, 15) is 5.26 Å². The van der Waals surface area contributed by atoms with Crippen LogP contribution in [-0.4, -0.2) is 21.2 Å². The second kappa shape index (κ2) is 10.6. The first kappa shape index (κ1) is 21.6. The van der Waals surface area contributed by atoms with Gasteiger partial charge in [0.2, 0.25) is 0 Å². The number of allylic oxidation sites excluding steroid dienone is 3. The number of alkyl halides is 1. The quantitative estimate of drug-likeness (QED) is 0.295. The third-order valence-electron chi connectivity index (χ3n) is 3.84. The van der Waals surface area contributed by atoms with E-state index in [2.05, 4.69) is 20.3 Å². The molecule has 5 nitrogen and oxygen atoms in total. The minimum Gasteiger partial charge on any atom is -0.343 e. The Hall–Kier alpha value is -2.68. The molecular weight excluding hydrogens is 393 g/mol. The van der Waals surface area contributed by atoms with E-state index in [0.29, 0.717) is 23.0 Å². The van der Waals surface area contributed by atoms with Gasteiger partial charge < -0.3 is 5.32 Å². The Kier molecular flexibility index (Phi) is 8.19. The zero-order chi connectivity index (χ0) is 20.5. The summed E-state index contributed by atoms with van der Waals surface area (Å²) in [6, 6.07) is 7.60. The molecule has 144 valence electrons. The molecule has 0 spiro atoms. The molecule has 0 saturated heterocycles. The summed E-state index contributed by atoms with van der Waals surface area (Å²) in [5.41, 5.74) is 3.36. The minimum absolute atomic E-state index is 0.0376. The van der Waals surface area contributed by atoms with Crippen molar-refractivity contribution >= 4 is 34.7 Å². The standard InChI is InChI=1S/C21H21Cl2N5/c1-4-17(7-5-6-15(3)22)27-21(18-9-8-16(23)10-14(18)2)28-20-12-25-13-26-19(20)11-24/h4-6,8-10,12-13,15H,7H2,1-3H3,(H,27,28)/b6-5-,17-4+. The summed E-state index contributed by atoms with van der Waals surface area (Å²) in [6.07, 6.45) is 9.40. The molecule has 1 unspecified atom stereocenters. The topological polar surface area (TPSA) is 74.0 Å². The zero-order valence-corrected chi connectivity index (χ0v) is 17.5. The summed E-state index contributed by atoms with van der Waals surface area (Å²) in [7, 11) is 0. The number of aromatic nitrogens is 2. The van der Waals surface area contributed by atoms with Crippen LogP contribution in [0.25, 0.3) is 0 Å². The molecule has 1 aromatic carbocycles. The summed E-state index contributed by atoms with van der Waals surface area (Å²) in [5.74, 6) is 0.584. The van der Waals surface area contributed by atoms with Gasteiger partial charge in [-0.05, 0) is 44.5 Å². The van der Waals surface area contributed by atoms with Gasteiger partial charge in [0, 0.05) is 28.1 Å². The molecule has 0 aliphatic rings. The Labute approximate surface area is 175 Å². The number of halogens is 2. The molecule has 0 amide bonds. The van der Waals surface area contributed by atoms with Crippen LogP contribution in [0.3, 0.4) is 0 Å². The van der Waals surface area contributed by atoms with Gasteiger partial charge in [0.1, 0.15) is 23.9 Å². The highest BCUT2D eigenvalue weighted by atomic mass is 35.5. The molecule has 0 radical (unpaired) electrons. The van der Waals surface area contributed by atoms with E-state index in [0.717, 1.165) is 16.8 Å². The second-order valence-electron chi connectivity index (χ2n) is 6.04. The van der Waals surface area contributed by atoms with Crippen molar-refractivity contribution in [2.45, 2.75) is 32.6 Å². The van der Waals surface area contributed by atoms with Crippen molar-refractivity contribution in [1.29, 1.82) is 5.26 Å². The maximum atomic E-state index is 9.31. The minimum atomic E-state index is -0.0376. The Morgan fingerprint density at radius 2 is 2.21 bits per heavy atom. The summed E-state index contributed by atoms with van der Waals surface area (Å²) in [6.45, 7) is 5.80. The number of nitrogens with zero attached hydrogens (tertiary/aromatic N) is 4. The van der Waals surface area contributed by atoms with Gasteiger partial charge in [-0.1, -0.05) is 29.8 Å². The molecule has 28 heavy (non-hydrogen) atoms. The fourth-order valence-electron chi connectivity index (χ4n) is 2.43. The number of hydrogen-bond donors (Lipinski definition) is 1. The van der Waals surface area contributed by atoms with Crippen LogP contribution in [0, 0.1) is 18.3 Å². The number of aliphatic imine (C=N–C) groups is 1. The first-order valence-corrected chi connectivity index (χ1v) is 9.54. The predicted octanol–water partition coefficient (Wildman–Crippen LogP) is 5.46. The molecule has 0 aliphatic carbocycles. The van der Waals surface area contributed by atoms with Gasteiger partial charge in [-0.15, -0.1) is 11.6 Å². The number of aryl methyl sites for hydroxylation is 1. The third kappa shape index (κ3) is 6.19. The van der Waals surface area contributed by atoms with Gasteiger partial charge >= 0.3 is 0 Å². The van der Waals surface area contributed by atoms with Crippen molar-refractivity contribution in [3.05, 3.63) is 76.5 Å². The van der Waals surface area contributed by atoms with Gasteiger partial charge in [0.05, 0.1) is 6.20 Å². The number of rotatable bonds is 6. The summed E-state index contributed by atoms with van der Waals surface area (Å²) < 4.78 is 0. The number of nitrogens with one attached hydrogen (secondary N) is 1. The number of amidine groups is 1. The van der Waals surface area contributed by atoms with Gasteiger partial charge in [-0.3, -0.25) is 0 Å². The summed E-state index contributed by atoms with van der Waals surface area (Å²) >= 11 is 12.1. The molecule has 0 aliphatic heterocycles. The molecule has 1 aromatic heterocycles. The lowest BCUT2D eigenvalue weighted by molar-refractivity contribution is 1.02. The van der Waals surface area contributed by atoms with Crippen molar-refractivity contribution in [2.75, 3.05) is 0 Å². The number of nitriles is 1. The molecule has 2 aromatic rings. The zero-order valence-electron chi connectivity index (χ0n) is 15.9. The Morgan fingerprint density at radius 1 is 1.43 bits per heavy atom. The largest absolute Gasteiger partial charge is 0.343 e. The predicted molar refractivity (Wildman–Crippen MR) is 115 cm³/mol. The number of hydrogen-bond acceptors (Lipinski definition) is 4. The molecular formula is C21H21Cl2N5. The molecule has 2 rings (SSSR count). The average Bonchev–Trinajstić information content (AvgIpc) is 2.66. The molecule has 1 N–H and O–H groups in total. The van der Waals surface area contributed by atoms with Crippen LogP contribution in [0.5, 0.6) is 0 Å². The van der Waals surface area contributed by atoms with E-state index < -0.39 is 0 Å². The Balaban J connectivity index is 2.47. The fourth-order valence-corrected chi connectivity index (χ4v) is 2.76. The monoisotopic (exact) mass is 413 g/mol. The smallest absolute Gasteiger partial charge is 0.169 e. The molecule has 7 heteroatoms. The van der Waals surface area contributed by atoms with Crippen molar-refractivity contribution in [3.8, 4) is 6.07 Å². The molecule has 0 saturated carbocycles. The highest BCUT2D eigenvalue weighted by molar-refractivity contribution is 6.30. The van der Waals surface area contributed by atoms with Crippen molar-refractivity contribution < 1.29 is 0 Å². The first-order valence-electron chi connectivity index (χ1n) is 8.72. The van der Waals surface area contributed by atoms with E-state index in [1.54, 1.807) is 6.07 Å². The molecule has 0 bridgehead atoms. The van der Waals surface area contributed by atoms with E-state index in [4.69, 9.17) is 23.2 Å².